The third kappa shape index (κ3) is 4.18. The second-order valence-corrected chi connectivity index (χ2v) is 6.60. The van der Waals surface area contributed by atoms with E-state index in [0.29, 0.717) is 6.07 Å². The largest absolute Gasteiger partial charge is 0.506 e. The molecular weight excluding hydrogens is 435 g/mol. The van der Waals surface area contributed by atoms with Gasteiger partial charge in [-0.25, -0.2) is 13.6 Å². The van der Waals surface area contributed by atoms with E-state index < -0.39 is 78.0 Å². The van der Waals surface area contributed by atoms with Gasteiger partial charge in [-0.05, 0) is 18.1 Å². The molecule has 0 amide bonds. The molecule has 13 heteroatoms. The standard InChI is InChI=1S/C18H15F5N2O6/c19-9-2-1-8(11(20)5-9)3-4-24-15(29)10(18(21,22)23)6-25(17(24)30)16-14(28)13(27)12(7-26)31-16/h1-2,5-6,12,16,26-28H,3-4,7H2/t12-,16-/m1/s1. The van der Waals surface area contributed by atoms with Gasteiger partial charge in [-0.2, -0.15) is 13.2 Å². The number of aliphatic hydroxyl groups excluding tert-OH is 3. The van der Waals surface area contributed by atoms with Crippen LogP contribution in [-0.2, 0) is 23.9 Å². The minimum Gasteiger partial charge on any atom is -0.506 e. The van der Waals surface area contributed by atoms with E-state index in [-0.39, 0.29) is 20.9 Å². The van der Waals surface area contributed by atoms with Crippen LogP contribution < -0.4 is 11.2 Å². The summed E-state index contributed by atoms with van der Waals surface area (Å²) < 4.78 is 72.4. The highest BCUT2D eigenvalue weighted by Crippen LogP contribution is 2.32. The summed E-state index contributed by atoms with van der Waals surface area (Å²) in [5, 5.41) is 28.8. The van der Waals surface area contributed by atoms with Gasteiger partial charge < -0.3 is 20.1 Å². The zero-order valence-corrected chi connectivity index (χ0v) is 15.4. The van der Waals surface area contributed by atoms with Gasteiger partial charge in [-0.15, -0.1) is 0 Å². The maximum Gasteiger partial charge on any atom is 0.423 e. The molecule has 3 rings (SSSR count). The molecule has 8 nitrogen and oxygen atoms in total. The van der Waals surface area contributed by atoms with E-state index in [1.54, 1.807) is 0 Å². The van der Waals surface area contributed by atoms with E-state index in [1.807, 2.05) is 0 Å². The number of benzene rings is 1. The van der Waals surface area contributed by atoms with E-state index in [0.717, 1.165) is 12.1 Å². The molecule has 0 saturated heterocycles. The molecule has 0 fully saturated rings. The van der Waals surface area contributed by atoms with Crippen molar-refractivity contribution in [3.8, 4) is 0 Å². The van der Waals surface area contributed by atoms with Gasteiger partial charge in [0.25, 0.3) is 5.56 Å². The van der Waals surface area contributed by atoms with Crippen LogP contribution in [0.5, 0.6) is 0 Å². The first-order chi connectivity index (χ1) is 14.5. The number of alkyl halides is 3. The van der Waals surface area contributed by atoms with Gasteiger partial charge in [0.15, 0.2) is 17.7 Å². The number of aliphatic hydroxyl groups is 3. The van der Waals surface area contributed by atoms with E-state index in [9.17, 15) is 41.8 Å². The third-order valence-corrected chi connectivity index (χ3v) is 4.63. The zero-order chi connectivity index (χ0) is 23.1. The van der Waals surface area contributed by atoms with Gasteiger partial charge in [0, 0.05) is 18.8 Å². The molecule has 0 bridgehead atoms. The Morgan fingerprint density at radius 2 is 1.77 bits per heavy atom. The predicted molar refractivity (Wildman–Crippen MR) is 93.3 cm³/mol. The smallest absolute Gasteiger partial charge is 0.423 e. The molecule has 2 aromatic rings. The monoisotopic (exact) mass is 450 g/mol. The van der Waals surface area contributed by atoms with Crippen LogP contribution in [0.3, 0.4) is 0 Å². The summed E-state index contributed by atoms with van der Waals surface area (Å²) >= 11 is 0. The fourth-order valence-corrected chi connectivity index (χ4v) is 3.04. The molecular formula is C18H15F5N2O6. The van der Waals surface area contributed by atoms with E-state index in [4.69, 9.17) is 9.84 Å². The molecule has 1 aromatic carbocycles. The van der Waals surface area contributed by atoms with Crippen LogP contribution in [0.15, 0.2) is 45.5 Å². The Balaban J connectivity index is 2.10. The average Bonchev–Trinajstić information content (AvgIpc) is 2.96. The molecule has 31 heavy (non-hydrogen) atoms. The van der Waals surface area contributed by atoms with Crippen LogP contribution in [0, 0.1) is 11.6 Å². The number of halogens is 5. The highest BCUT2D eigenvalue weighted by atomic mass is 19.4. The Labute approximate surface area is 169 Å². The molecule has 0 unspecified atom stereocenters. The SMILES string of the molecule is O=c1c(C(F)(F)F)cn([C@@H]2O[C@H](CO)C(O)=C2O)c(=O)n1CCc1ccc(F)cc1F. The van der Waals surface area contributed by atoms with Crippen LogP contribution in [0.2, 0.25) is 0 Å². The number of hydrogen-bond donors (Lipinski definition) is 3. The Bertz CT molecular complexity index is 1150. The van der Waals surface area contributed by atoms with E-state index in [2.05, 4.69) is 0 Å². The molecule has 1 aliphatic heterocycles. The molecule has 1 aliphatic rings. The van der Waals surface area contributed by atoms with Crippen LogP contribution in [0.1, 0.15) is 17.4 Å². The Morgan fingerprint density at radius 1 is 1.10 bits per heavy atom. The first-order valence-corrected chi connectivity index (χ1v) is 8.71. The van der Waals surface area contributed by atoms with Gasteiger partial charge in [0.1, 0.15) is 23.3 Å². The van der Waals surface area contributed by atoms with Crippen molar-refractivity contribution in [1.29, 1.82) is 0 Å². The first kappa shape index (κ1) is 22.5. The maximum atomic E-state index is 13.8. The summed E-state index contributed by atoms with van der Waals surface area (Å²) in [4.78, 5) is 25.0. The summed E-state index contributed by atoms with van der Waals surface area (Å²) in [6.45, 7) is -1.56. The normalized spacial score (nSPS) is 19.3. The van der Waals surface area contributed by atoms with Crippen molar-refractivity contribution in [3.05, 3.63) is 79.5 Å². The Hall–Kier alpha value is -3.19. The van der Waals surface area contributed by atoms with E-state index >= 15 is 0 Å². The van der Waals surface area contributed by atoms with Gasteiger partial charge in [-0.3, -0.25) is 13.9 Å². The molecule has 1 aromatic heterocycles. The van der Waals surface area contributed by atoms with Crippen molar-refractivity contribution in [3.63, 3.8) is 0 Å². The first-order valence-electron chi connectivity index (χ1n) is 8.71. The van der Waals surface area contributed by atoms with Crippen LogP contribution in [0.25, 0.3) is 0 Å². The zero-order valence-electron chi connectivity index (χ0n) is 15.4. The second-order valence-electron chi connectivity index (χ2n) is 6.60. The molecule has 0 aliphatic carbocycles. The van der Waals surface area contributed by atoms with Gasteiger partial charge in [-0.1, -0.05) is 6.07 Å². The molecule has 0 radical (unpaired) electrons. The van der Waals surface area contributed by atoms with Crippen LogP contribution >= 0.6 is 0 Å². The fourth-order valence-electron chi connectivity index (χ4n) is 3.04. The summed E-state index contributed by atoms with van der Waals surface area (Å²) in [6, 6.07) is 2.45. The number of aryl methyl sites for hydroxylation is 1. The summed E-state index contributed by atoms with van der Waals surface area (Å²) in [5.74, 6) is -3.82. The van der Waals surface area contributed by atoms with Crippen molar-refractivity contribution >= 4 is 0 Å². The average molecular weight is 450 g/mol. The quantitative estimate of drug-likeness (QED) is 0.599. The predicted octanol–water partition coefficient (Wildman–Crippen LogP) is 1.77. The lowest BCUT2D eigenvalue weighted by Gasteiger charge is -2.19. The van der Waals surface area contributed by atoms with Crippen molar-refractivity contribution < 1.29 is 42.0 Å². The van der Waals surface area contributed by atoms with Crippen molar-refractivity contribution in [2.24, 2.45) is 0 Å². The lowest BCUT2D eigenvalue weighted by Crippen LogP contribution is -2.45. The Kier molecular flexibility index (Phi) is 5.91. The number of aromatic nitrogens is 2. The maximum absolute atomic E-state index is 13.8. The summed E-state index contributed by atoms with van der Waals surface area (Å²) in [5.41, 5.74) is -5.02. The van der Waals surface area contributed by atoms with Gasteiger partial charge in [0.2, 0.25) is 0 Å². The summed E-state index contributed by atoms with van der Waals surface area (Å²) in [6.07, 6.45) is -8.96. The minimum absolute atomic E-state index is 0.119. The van der Waals surface area contributed by atoms with Crippen LogP contribution in [0.4, 0.5) is 22.0 Å². The van der Waals surface area contributed by atoms with Crippen LogP contribution in [-0.4, -0.2) is 37.2 Å². The third-order valence-electron chi connectivity index (χ3n) is 4.63. The topological polar surface area (TPSA) is 114 Å². The lowest BCUT2D eigenvalue weighted by atomic mass is 10.1. The highest BCUT2D eigenvalue weighted by Gasteiger charge is 2.40. The highest BCUT2D eigenvalue weighted by molar-refractivity contribution is 5.20. The minimum atomic E-state index is -5.20. The van der Waals surface area contributed by atoms with Gasteiger partial charge in [0.05, 0.1) is 6.61 Å². The molecule has 0 spiro atoms. The van der Waals surface area contributed by atoms with Gasteiger partial charge >= 0.3 is 11.9 Å². The number of hydrogen-bond acceptors (Lipinski definition) is 6. The number of ether oxygens (including phenoxy) is 1. The lowest BCUT2D eigenvalue weighted by molar-refractivity contribution is -0.140. The summed E-state index contributed by atoms with van der Waals surface area (Å²) in [7, 11) is 0. The molecule has 3 N–H and O–H groups in total. The molecule has 2 atom stereocenters. The fraction of sp³-hybridized carbons (Fsp3) is 0.333. The number of rotatable bonds is 5. The Morgan fingerprint density at radius 3 is 2.32 bits per heavy atom. The molecule has 2 heterocycles. The molecule has 168 valence electrons. The van der Waals surface area contributed by atoms with E-state index in [1.165, 1.54) is 0 Å². The van der Waals surface area contributed by atoms with Crippen molar-refractivity contribution in [2.45, 2.75) is 31.5 Å². The van der Waals surface area contributed by atoms with Crippen molar-refractivity contribution in [1.82, 2.24) is 9.13 Å². The van der Waals surface area contributed by atoms with Crippen molar-refractivity contribution in [2.75, 3.05) is 6.61 Å². The number of nitrogens with zero attached hydrogens (tertiary/aromatic N) is 2. The molecule has 0 saturated carbocycles. The second kappa shape index (κ2) is 8.15.